The summed E-state index contributed by atoms with van der Waals surface area (Å²) in [5.74, 6) is 0. The Kier molecular flexibility index (Phi) is 15.0. The quantitative estimate of drug-likeness (QED) is 0.217. The van der Waals surface area contributed by atoms with Crippen molar-refractivity contribution >= 4 is 8.25 Å². The second-order valence-electron chi connectivity index (χ2n) is 1.50. The zero-order chi connectivity index (χ0) is 7.11. The monoisotopic (exact) mass is 190 g/mol. The summed E-state index contributed by atoms with van der Waals surface area (Å²) in [7, 11) is -2.68. The van der Waals surface area contributed by atoms with Crippen LogP contribution in [0.25, 0.3) is 0 Å². The van der Waals surface area contributed by atoms with Gasteiger partial charge >= 0.3 is 59.6 Å². The molecule has 0 aromatic heterocycles. The molecular formula is C4H10KNO3P+. The Morgan fingerprint density at radius 3 is 2.70 bits per heavy atom. The minimum atomic E-state index is -2.68. The third kappa shape index (κ3) is 12.3. The first kappa shape index (κ1) is 14.2. The summed E-state index contributed by atoms with van der Waals surface area (Å²) in [5.41, 5.74) is 0. The van der Waals surface area contributed by atoms with Gasteiger partial charge in [-0.05, 0) is 17.5 Å². The van der Waals surface area contributed by atoms with Gasteiger partial charge in [0.2, 0.25) is 0 Å². The van der Waals surface area contributed by atoms with Crippen molar-refractivity contribution in [1.82, 2.24) is 5.32 Å². The molecule has 0 saturated heterocycles. The van der Waals surface area contributed by atoms with Crippen LogP contribution in [0.1, 0.15) is 13.3 Å². The van der Waals surface area contributed by atoms with E-state index in [0.29, 0.717) is 0 Å². The fraction of sp³-hybridized carbons (Fsp3) is 1.00. The molecule has 0 amide bonds. The molecule has 0 spiro atoms. The third-order valence-electron chi connectivity index (χ3n) is 0.699. The minimum absolute atomic E-state index is 0. The van der Waals surface area contributed by atoms with Gasteiger partial charge in [0.05, 0.1) is 0 Å². The maximum absolute atomic E-state index is 9.74. The van der Waals surface area contributed by atoms with E-state index in [2.05, 4.69) is 9.84 Å². The molecule has 6 heteroatoms. The Hall–Kier alpha value is 1.62. The van der Waals surface area contributed by atoms with Crippen molar-refractivity contribution in [3.05, 3.63) is 0 Å². The molecule has 0 aliphatic rings. The Morgan fingerprint density at radius 1 is 1.70 bits per heavy atom. The van der Waals surface area contributed by atoms with E-state index in [0.717, 1.165) is 13.0 Å². The van der Waals surface area contributed by atoms with Crippen molar-refractivity contribution in [1.29, 1.82) is 0 Å². The SMILES string of the molecule is CCCNCO[P+](=O)[O-].[K+]. The van der Waals surface area contributed by atoms with E-state index < -0.39 is 8.25 Å². The molecule has 0 bridgehead atoms. The number of hydrogen-bond acceptors (Lipinski definition) is 4. The maximum atomic E-state index is 9.74. The largest absolute Gasteiger partial charge is 1.00 e. The Bertz CT molecular complexity index is 92.6. The van der Waals surface area contributed by atoms with Crippen LogP contribution in [0.3, 0.4) is 0 Å². The van der Waals surface area contributed by atoms with Gasteiger partial charge in [-0.2, -0.15) is 0 Å². The summed E-state index contributed by atoms with van der Waals surface area (Å²) in [6.07, 6.45) is 0.971. The summed E-state index contributed by atoms with van der Waals surface area (Å²) in [6, 6.07) is 0. The van der Waals surface area contributed by atoms with Gasteiger partial charge in [-0.1, -0.05) is 6.92 Å². The van der Waals surface area contributed by atoms with E-state index >= 15 is 0 Å². The Balaban J connectivity index is 0. The molecule has 0 rings (SSSR count). The molecule has 1 atom stereocenters. The number of rotatable bonds is 5. The molecule has 10 heavy (non-hydrogen) atoms. The molecule has 0 saturated carbocycles. The molecule has 0 radical (unpaired) electrons. The molecule has 1 unspecified atom stereocenters. The smallest absolute Gasteiger partial charge is 0.566 e. The molecule has 0 aromatic rings. The molecule has 0 aliphatic heterocycles. The second kappa shape index (κ2) is 10.6. The minimum Gasteiger partial charge on any atom is -0.566 e. The van der Waals surface area contributed by atoms with Crippen LogP contribution in [0, 0.1) is 0 Å². The van der Waals surface area contributed by atoms with Crippen LogP contribution in [0.2, 0.25) is 0 Å². The van der Waals surface area contributed by atoms with Gasteiger partial charge in [0.25, 0.3) is 0 Å². The van der Waals surface area contributed by atoms with Crippen LogP contribution in [-0.2, 0) is 9.09 Å². The van der Waals surface area contributed by atoms with Gasteiger partial charge in [-0.15, -0.1) is 4.52 Å². The predicted octanol–water partition coefficient (Wildman–Crippen LogP) is -3.02. The molecule has 0 aromatic carbocycles. The standard InChI is InChI=1S/C4H10NO3P.K/c1-2-3-5-4-8-9(6)7;/h5H,2-4H2,1H3;/q;+1. The molecule has 0 fully saturated rings. The van der Waals surface area contributed by atoms with Gasteiger partial charge in [0.1, 0.15) is 0 Å². The van der Waals surface area contributed by atoms with Crippen molar-refractivity contribution in [2.24, 2.45) is 0 Å². The first-order valence-electron chi connectivity index (χ1n) is 2.75. The normalized spacial score (nSPS) is 10.4. The van der Waals surface area contributed by atoms with Crippen molar-refractivity contribution in [3.8, 4) is 0 Å². The van der Waals surface area contributed by atoms with Crippen molar-refractivity contribution < 1.29 is 65.4 Å². The zero-order valence-electron chi connectivity index (χ0n) is 6.29. The van der Waals surface area contributed by atoms with Crippen LogP contribution in [0.4, 0.5) is 0 Å². The fourth-order valence-corrected chi connectivity index (χ4v) is 0.544. The Morgan fingerprint density at radius 2 is 2.30 bits per heavy atom. The molecular weight excluding hydrogens is 180 g/mol. The Labute approximate surface area is 104 Å². The van der Waals surface area contributed by atoms with Gasteiger partial charge in [-0.3, -0.25) is 5.32 Å². The van der Waals surface area contributed by atoms with Crippen molar-refractivity contribution in [3.63, 3.8) is 0 Å². The van der Waals surface area contributed by atoms with Crippen LogP contribution in [0.15, 0.2) is 0 Å². The van der Waals surface area contributed by atoms with E-state index in [9.17, 15) is 9.46 Å². The molecule has 54 valence electrons. The number of hydrogen-bond donors (Lipinski definition) is 1. The van der Waals surface area contributed by atoms with Crippen molar-refractivity contribution in [2.45, 2.75) is 13.3 Å². The summed E-state index contributed by atoms with van der Waals surface area (Å²) in [5, 5.41) is 2.76. The summed E-state index contributed by atoms with van der Waals surface area (Å²) < 4.78 is 13.9. The second-order valence-corrected chi connectivity index (χ2v) is 2.20. The molecule has 0 aliphatic carbocycles. The van der Waals surface area contributed by atoms with Crippen LogP contribution in [0.5, 0.6) is 0 Å². The van der Waals surface area contributed by atoms with Crippen LogP contribution in [-0.4, -0.2) is 13.3 Å². The van der Waals surface area contributed by atoms with Crippen LogP contribution < -0.4 is 61.6 Å². The average Bonchev–Trinajstić information content (AvgIpc) is 1.80. The van der Waals surface area contributed by atoms with Crippen molar-refractivity contribution in [2.75, 3.05) is 13.3 Å². The van der Waals surface area contributed by atoms with Gasteiger partial charge < -0.3 is 4.89 Å². The van der Waals surface area contributed by atoms with E-state index in [1.165, 1.54) is 0 Å². The van der Waals surface area contributed by atoms with E-state index in [1.807, 2.05) is 6.92 Å². The summed E-state index contributed by atoms with van der Waals surface area (Å²) in [6.45, 7) is 2.86. The van der Waals surface area contributed by atoms with Crippen LogP contribution >= 0.6 is 8.25 Å². The van der Waals surface area contributed by atoms with Gasteiger partial charge in [0.15, 0.2) is 6.73 Å². The molecule has 1 N–H and O–H groups in total. The number of nitrogens with one attached hydrogen (secondary N) is 1. The van der Waals surface area contributed by atoms with Gasteiger partial charge in [0, 0.05) is 0 Å². The molecule has 0 heterocycles. The summed E-state index contributed by atoms with van der Waals surface area (Å²) in [4.78, 5) is 9.74. The third-order valence-corrected chi connectivity index (χ3v) is 1.04. The van der Waals surface area contributed by atoms with E-state index in [4.69, 9.17) is 0 Å². The first-order valence-corrected chi connectivity index (χ1v) is 3.85. The predicted molar refractivity (Wildman–Crippen MR) is 31.9 cm³/mol. The zero-order valence-corrected chi connectivity index (χ0v) is 10.3. The first-order chi connectivity index (χ1) is 4.27. The maximum Gasteiger partial charge on any atom is 1.00 e. The molecule has 4 nitrogen and oxygen atoms in total. The van der Waals surface area contributed by atoms with E-state index in [-0.39, 0.29) is 58.1 Å². The van der Waals surface area contributed by atoms with Gasteiger partial charge in [-0.25, -0.2) is 0 Å². The average molecular weight is 190 g/mol. The topological polar surface area (TPSA) is 61.4 Å². The fourth-order valence-electron chi connectivity index (χ4n) is 0.347. The summed E-state index contributed by atoms with van der Waals surface area (Å²) >= 11 is 0. The van der Waals surface area contributed by atoms with E-state index in [1.54, 1.807) is 0 Å².